The van der Waals surface area contributed by atoms with Gasteiger partial charge >= 0.3 is 5.69 Å². The smallest absolute Gasteiger partial charge is 0.314 e. The van der Waals surface area contributed by atoms with E-state index in [0.717, 1.165) is 12.1 Å². The van der Waals surface area contributed by atoms with Crippen molar-refractivity contribution >= 4 is 5.69 Å². The Labute approximate surface area is 79.2 Å². The van der Waals surface area contributed by atoms with Crippen molar-refractivity contribution in [3.8, 4) is 11.5 Å². The van der Waals surface area contributed by atoms with Crippen LogP contribution in [0.5, 0.6) is 11.5 Å². The number of hydrogen-bond acceptors (Lipinski definition) is 4. The van der Waals surface area contributed by atoms with E-state index >= 15 is 0 Å². The number of nitro benzene ring substituents is 1. The van der Waals surface area contributed by atoms with Crippen molar-refractivity contribution in [2.45, 2.75) is 0 Å². The Morgan fingerprint density at radius 1 is 1.29 bits per heavy atom. The number of halogens is 1. The molecule has 76 valence electrons. The highest BCUT2D eigenvalue weighted by Gasteiger charge is 2.19. The molecule has 1 rings (SSSR count). The lowest BCUT2D eigenvalue weighted by molar-refractivity contribution is -0.386. The fraction of sp³-hybridized carbons (Fsp3) is 0.250. The third kappa shape index (κ3) is 1.73. The monoisotopic (exact) mass is 201 g/mol. The van der Waals surface area contributed by atoms with Gasteiger partial charge in [0.15, 0.2) is 11.6 Å². The molecule has 0 aromatic heterocycles. The van der Waals surface area contributed by atoms with Crippen molar-refractivity contribution in [1.29, 1.82) is 0 Å². The van der Waals surface area contributed by atoms with Crippen LogP contribution in [0.1, 0.15) is 0 Å². The molecule has 6 heteroatoms. The molecule has 0 aliphatic carbocycles. The first-order valence-electron chi connectivity index (χ1n) is 3.66. The summed E-state index contributed by atoms with van der Waals surface area (Å²) >= 11 is 0. The van der Waals surface area contributed by atoms with Gasteiger partial charge < -0.3 is 9.47 Å². The Morgan fingerprint density at radius 3 is 2.29 bits per heavy atom. The van der Waals surface area contributed by atoms with Crippen LogP contribution in [0.25, 0.3) is 0 Å². The zero-order valence-electron chi connectivity index (χ0n) is 7.61. The predicted molar refractivity (Wildman–Crippen MR) is 46.2 cm³/mol. The van der Waals surface area contributed by atoms with Crippen LogP contribution in [0.15, 0.2) is 12.1 Å². The molecule has 0 atom stereocenters. The summed E-state index contributed by atoms with van der Waals surface area (Å²) in [7, 11) is 2.53. The van der Waals surface area contributed by atoms with E-state index in [4.69, 9.17) is 4.74 Å². The quantitative estimate of drug-likeness (QED) is 0.552. The lowest BCUT2D eigenvalue weighted by Gasteiger charge is -2.05. The maximum absolute atomic E-state index is 13.0. The van der Waals surface area contributed by atoms with E-state index in [1.54, 1.807) is 0 Å². The summed E-state index contributed by atoms with van der Waals surface area (Å²) in [5.74, 6) is -0.916. The minimum absolute atomic E-state index is 0.0340. The average molecular weight is 201 g/mol. The van der Waals surface area contributed by atoms with Gasteiger partial charge in [-0.2, -0.15) is 0 Å². The third-order valence-corrected chi connectivity index (χ3v) is 1.65. The second kappa shape index (κ2) is 3.91. The lowest BCUT2D eigenvalue weighted by atomic mass is 10.2. The molecule has 0 radical (unpaired) electrons. The second-order valence-electron chi connectivity index (χ2n) is 2.42. The van der Waals surface area contributed by atoms with E-state index in [9.17, 15) is 14.5 Å². The minimum Gasteiger partial charge on any atom is -0.494 e. The molecule has 0 spiro atoms. The van der Waals surface area contributed by atoms with Crippen LogP contribution >= 0.6 is 0 Å². The standard InChI is InChI=1S/C8H8FNO4/c1-13-7-4-8(14-2)6(10(11)12)3-5(7)9/h3-4H,1-2H3. The summed E-state index contributed by atoms with van der Waals surface area (Å²) in [5.41, 5.74) is -0.425. The molecule has 1 aromatic carbocycles. The summed E-state index contributed by atoms with van der Waals surface area (Å²) in [6, 6.07) is 1.89. The highest BCUT2D eigenvalue weighted by atomic mass is 19.1. The van der Waals surface area contributed by atoms with E-state index < -0.39 is 16.4 Å². The molecule has 0 N–H and O–H groups in total. The van der Waals surface area contributed by atoms with Gasteiger partial charge in [-0.25, -0.2) is 4.39 Å². The molecule has 0 saturated heterocycles. The predicted octanol–water partition coefficient (Wildman–Crippen LogP) is 1.75. The van der Waals surface area contributed by atoms with Crippen molar-refractivity contribution in [3.05, 3.63) is 28.1 Å². The van der Waals surface area contributed by atoms with Crippen molar-refractivity contribution in [1.82, 2.24) is 0 Å². The topological polar surface area (TPSA) is 61.6 Å². The van der Waals surface area contributed by atoms with E-state index in [0.29, 0.717) is 0 Å². The number of hydrogen-bond donors (Lipinski definition) is 0. The van der Waals surface area contributed by atoms with Crippen LogP contribution in [0, 0.1) is 15.9 Å². The van der Waals surface area contributed by atoms with Gasteiger partial charge in [0, 0.05) is 6.07 Å². The third-order valence-electron chi connectivity index (χ3n) is 1.65. The van der Waals surface area contributed by atoms with Gasteiger partial charge in [0.1, 0.15) is 0 Å². The highest BCUT2D eigenvalue weighted by Crippen LogP contribution is 2.33. The highest BCUT2D eigenvalue weighted by molar-refractivity contribution is 5.51. The number of benzene rings is 1. The van der Waals surface area contributed by atoms with Gasteiger partial charge in [-0.15, -0.1) is 0 Å². The van der Waals surface area contributed by atoms with Gasteiger partial charge in [0.25, 0.3) is 0 Å². The SMILES string of the molecule is COc1cc(OC)c([N+](=O)[O-])cc1F. The molecule has 14 heavy (non-hydrogen) atoms. The molecule has 0 bridgehead atoms. The molecule has 0 aliphatic rings. The number of nitro groups is 1. The summed E-state index contributed by atoms with van der Waals surface area (Å²) in [6.07, 6.45) is 0. The van der Waals surface area contributed by atoms with Crippen molar-refractivity contribution < 1.29 is 18.8 Å². The number of rotatable bonds is 3. The number of ether oxygens (including phenoxy) is 2. The van der Waals surface area contributed by atoms with Gasteiger partial charge in [-0.1, -0.05) is 0 Å². The van der Waals surface area contributed by atoms with Crippen LogP contribution in [-0.4, -0.2) is 19.1 Å². The summed E-state index contributed by atoms with van der Waals surface area (Å²) < 4.78 is 22.4. The second-order valence-corrected chi connectivity index (χ2v) is 2.42. The summed E-state index contributed by atoms with van der Waals surface area (Å²) in [6.45, 7) is 0. The van der Waals surface area contributed by atoms with Gasteiger partial charge in [-0.05, 0) is 0 Å². The van der Waals surface area contributed by atoms with Crippen LogP contribution in [0.3, 0.4) is 0 Å². The Bertz CT molecular complexity index is 367. The first-order valence-corrected chi connectivity index (χ1v) is 3.66. The summed E-state index contributed by atoms with van der Waals surface area (Å²) in [4.78, 5) is 9.73. The molecular formula is C8H8FNO4. The fourth-order valence-electron chi connectivity index (χ4n) is 0.987. The fourth-order valence-corrected chi connectivity index (χ4v) is 0.987. The maximum atomic E-state index is 13.0. The Morgan fingerprint density at radius 2 is 1.86 bits per heavy atom. The Kier molecular flexibility index (Phi) is 2.85. The Balaban J connectivity index is 3.31. The van der Waals surface area contributed by atoms with Crippen LogP contribution in [0.2, 0.25) is 0 Å². The molecule has 5 nitrogen and oxygen atoms in total. The van der Waals surface area contributed by atoms with Gasteiger partial charge in [0.2, 0.25) is 5.75 Å². The molecule has 0 saturated carbocycles. The van der Waals surface area contributed by atoms with Crippen molar-refractivity contribution in [2.24, 2.45) is 0 Å². The van der Waals surface area contributed by atoms with E-state index in [1.807, 2.05) is 0 Å². The minimum atomic E-state index is -0.792. The average Bonchev–Trinajstić information content (AvgIpc) is 2.17. The summed E-state index contributed by atoms with van der Waals surface area (Å²) in [5, 5.41) is 10.5. The van der Waals surface area contributed by atoms with Crippen LogP contribution in [-0.2, 0) is 0 Å². The normalized spacial score (nSPS) is 9.64. The maximum Gasteiger partial charge on any atom is 0.314 e. The Hall–Kier alpha value is -1.85. The molecule has 0 aliphatic heterocycles. The lowest BCUT2D eigenvalue weighted by Crippen LogP contribution is -1.97. The molecular weight excluding hydrogens is 193 g/mol. The van der Waals surface area contributed by atoms with E-state index in [1.165, 1.54) is 14.2 Å². The van der Waals surface area contributed by atoms with Crippen molar-refractivity contribution in [3.63, 3.8) is 0 Å². The molecule has 0 heterocycles. The van der Waals surface area contributed by atoms with Crippen molar-refractivity contribution in [2.75, 3.05) is 14.2 Å². The van der Waals surface area contributed by atoms with Gasteiger partial charge in [-0.3, -0.25) is 10.1 Å². The first kappa shape index (κ1) is 10.2. The van der Waals surface area contributed by atoms with E-state index in [2.05, 4.69) is 4.74 Å². The molecule has 0 unspecified atom stereocenters. The molecule has 0 fully saturated rings. The zero-order chi connectivity index (χ0) is 10.7. The molecule has 0 amide bonds. The first-order chi connectivity index (χ1) is 6.60. The van der Waals surface area contributed by atoms with E-state index in [-0.39, 0.29) is 11.5 Å². The molecule has 1 aromatic rings. The van der Waals surface area contributed by atoms with Crippen LogP contribution < -0.4 is 9.47 Å². The van der Waals surface area contributed by atoms with Crippen LogP contribution in [0.4, 0.5) is 10.1 Å². The zero-order valence-corrected chi connectivity index (χ0v) is 7.61. The largest absolute Gasteiger partial charge is 0.494 e. The number of nitrogens with zero attached hydrogens (tertiary/aromatic N) is 1. The van der Waals surface area contributed by atoms with Gasteiger partial charge in [0.05, 0.1) is 25.2 Å². The number of methoxy groups -OCH3 is 2.